The molecule has 0 spiro atoms. The van der Waals surface area contributed by atoms with Crippen LogP contribution < -0.4 is 0 Å². The van der Waals surface area contributed by atoms with Crippen molar-refractivity contribution in [1.82, 2.24) is 4.90 Å². The quantitative estimate of drug-likeness (QED) is 0.790. The van der Waals surface area contributed by atoms with Crippen molar-refractivity contribution in [3.63, 3.8) is 0 Å². The molecule has 3 heteroatoms. The molecule has 18 heavy (non-hydrogen) atoms. The zero-order valence-corrected chi connectivity index (χ0v) is 11.8. The van der Waals surface area contributed by atoms with E-state index in [0.29, 0.717) is 24.4 Å². The van der Waals surface area contributed by atoms with Gasteiger partial charge in [-0.15, -0.1) is 0 Å². The molecule has 2 bridgehead atoms. The first-order chi connectivity index (χ1) is 8.56. The van der Waals surface area contributed by atoms with Crippen LogP contribution >= 0.6 is 0 Å². The molecule has 2 unspecified atom stereocenters. The van der Waals surface area contributed by atoms with Gasteiger partial charge >= 0.3 is 5.97 Å². The highest BCUT2D eigenvalue weighted by Gasteiger charge is 2.40. The van der Waals surface area contributed by atoms with E-state index >= 15 is 0 Å². The van der Waals surface area contributed by atoms with Crippen LogP contribution in [-0.2, 0) is 4.79 Å². The number of carboxylic acid groups (broad SMARTS) is 1. The van der Waals surface area contributed by atoms with Gasteiger partial charge in [0.2, 0.25) is 0 Å². The lowest BCUT2D eigenvalue weighted by Gasteiger charge is -2.38. The summed E-state index contributed by atoms with van der Waals surface area (Å²) in [5.74, 6) is 0.612. The molecule has 0 saturated carbocycles. The molecule has 2 aliphatic rings. The predicted molar refractivity (Wildman–Crippen MR) is 72.6 cm³/mol. The molecule has 0 aromatic carbocycles. The molecule has 2 fully saturated rings. The minimum absolute atomic E-state index is 0.382. The number of fused-ring (bicyclic) bond motifs is 2. The first-order valence-corrected chi connectivity index (χ1v) is 7.53. The average Bonchev–Trinajstić information content (AvgIpc) is 2.51. The van der Waals surface area contributed by atoms with Crippen LogP contribution in [0.15, 0.2) is 0 Å². The summed E-state index contributed by atoms with van der Waals surface area (Å²) in [6, 6.07) is 1.36. The SMILES string of the molecule is CC(C)CCCN1C2CCC1CC(CC(=O)O)C2. The first kappa shape index (κ1) is 13.9. The van der Waals surface area contributed by atoms with Crippen molar-refractivity contribution in [2.24, 2.45) is 11.8 Å². The van der Waals surface area contributed by atoms with Gasteiger partial charge in [0.15, 0.2) is 0 Å². The monoisotopic (exact) mass is 253 g/mol. The standard InChI is InChI=1S/C15H27NO2/c1-11(2)4-3-7-16-13-5-6-14(16)9-12(8-13)10-15(17)18/h11-14H,3-10H2,1-2H3,(H,17,18). The van der Waals surface area contributed by atoms with Gasteiger partial charge in [-0.2, -0.15) is 0 Å². The third-order valence-corrected chi connectivity index (χ3v) is 4.64. The van der Waals surface area contributed by atoms with Crippen molar-refractivity contribution in [2.75, 3.05) is 6.54 Å². The summed E-state index contributed by atoms with van der Waals surface area (Å²) in [4.78, 5) is 13.5. The molecule has 0 aliphatic carbocycles. The van der Waals surface area contributed by atoms with E-state index in [1.165, 1.54) is 32.2 Å². The van der Waals surface area contributed by atoms with E-state index in [-0.39, 0.29) is 0 Å². The van der Waals surface area contributed by atoms with Crippen LogP contribution in [0.2, 0.25) is 0 Å². The molecular formula is C15H27NO2. The van der Waals surface area contributed by atoms with Crippen molar-refractivity contribution >= 4 is 5.97 Å². The van der Waals surface area contributed by atoms with Crippen molar-refractivity contribution in [1.29, 1.82) is 0 Å². The summed E-state index contributed by atoms with van der Waals surface area (Å²) >= 11 is 0. The highest BCUT2D eigenvalue weighted by atomic mass is 16.4. The van der Waals surface area contributed by atoms with Gasteiger partial charge in [-0.05, 0) is 56.9 Å². The normalized spacial score (nSPS) is 32.1. The van der Waals surface area contributed by atoms with E-state index < -0.39 is 5.97 Å². The van der Waals surface area contributed by atoms with Crippen molar-refractivity contribution in [3.8, 4) is 0 Å². The molecule has 2 aliphatic heterocycles. The molecule has 2 atom stereocenters. The summed E-state index contributed by atoms with van der Waals surface area (Å²) in [5.41, 5.74) is 0. The molecule has 2 rings (SSSR count). The van der Waals surface area contributed by atoms with Gasteiger partial charge in [0.05, 0.1) is 0 Å². The van der Waals surface area contributed by atoms with Crippen molar-refractivity contribution < 1.29 is 9.90 Å². The minimum Gasteiger partial charge on any atom is -0.481 e. The highest BCUT2D eigenvalue weighted by molar-refractivity contribution is 5.67. The molecule has 2 saturated heterocycles. The van der Waals surface area contributed by atoms with Crippen molar-refractivity contribution in [3.05, 3.63) is 0 Å². The Bertz CT molecular complexity index is 276. The van der Waals surface area contributed by atoms with Crippen LogP contribution in [0.5, 0.6) is 0 Å². The fourth-order valence-electron chi connectivity index (χ4n) is 3.85. The van der Waals surface area contributed by atoms with Crippen LogP contribution in [0.1, 0.15) is 58.8 Å². The van der Waals surface area contributed by atoms with Gasteiger partial charge < -0.3 is 5.11 Å². The topological polar surface area (TPSA) is 40.5 Å². The lowest BCUT2D eigenvalue weighted by Crippen LogP contribution is -2.43. The van der Waals surface area contributed by atoms with Gasteiger partial charge in [0.1, 0.15) is 0 Å². The van der Waals surface area contributed by atoms with Crippen LogP contribution in [0.4, 0.5) is 0 Å². The Kier molecular flexibility index (Phi) is 4.66. The maximum Gasteiger partial charge on any atom is 0.303 e. The summed E-state index contributed by atoms with van der Waals surface area (Å²) < 4.78 is 0. The maximum absolute atomic E-state index is 10.8. The highest BCUT2D eigenvalue weighted by Crippen LogP contribution is 2.39. The molecular weight excluding hydrogens is 226 g/mol. The third-order valence-electron chi connectivity index (χ3n) is 4.64. The Morgan fingerprint density at radius 3 is 2.39 bits per heavy atom. The molecule has 1 N–H and O–H groups in total. The molecule has 0 radical (unpaired) electrons. The number of aliphatic carboxylic acids is 1. The van der Waals surface area contributed by atoms with E-state index in [9.17, 15) is 4.79 Å². The largest absolute Gasteiger partial charge is 0.481 e. The lowest BCUT2D eigenvalue weighted by atomic mass is 9.88. The maximum atomic E-state index is 10.8. The number of hydrogen-bond donors (Lipinski definition) is 1. The minimum atomic E-state index is -0.618. The zero-order valence-electron chi connectivity index (χ0n) is 11.8. The molecule has 0 aromatic rings. The van der Waals surface area contributed by atoms with Crippen molar-refractivity contribution in [2.45, 2.75) is 70.9 Å². The molecule has 0 aromatic heterocycles. The Hall–Kier alpha value is -0.570. The van der Waals surface area contributed by atoms with E-state index in [4.69, 9.17) is 5.11 Å². The second-order valence-corrected chi connectivity index (χ2v) is 6.59. The smallest absolute Gasteiger partial charge is 0.303 e. The number of rotatable bonds is 6. The second-order valence-electron chi connectivity index (χ2n) is 6.59. The average molecular weight is 253 g/mol. The van der Waals surface area contributed by atoms with Gasteiger partial charge in [-0.3, -0.25) is 9.69 Å². The summed E-state index contributed by atoms with van der Waals surface area (Å²) in [6.07, 6.45) is 7.81. The Balaban J connectivity index is 1.80. The van der Waals surface area contributed by atoms with E-state index in [2.05, 4.69) is 18.7 Å². The summed E-state index contributed by atoms with van der Waals surface area (Å²) in [7, 11) is 0. The fourth-order valence-corrected chi connectivity index (χ4v) is 3.85. The Labute approximate surface area is 111 Å². The van der Waals surface area contributed by atoms with Crippen LogP contribution in [0, 0.1) is 11.8 Å². The predicted octanol–water partition coefficient (Wildman–Crippen LogP) is 3.14. The van der Waals surface area contributed by atoms with Gasteiger partial charge in [-0.25, -0.2) is 0 Å². The van der Waals surface area contributed by atoms with E-state index in [1.807, 2.05) is 0 Å². The van der Waals surface area contributed by atoms with Crippen LogP contribution in [0.25, 0.3) is 0 Å². The number of carboxylic acids is 1. The number of nitrogens with zero attached hydrogens (tertiary/aromatic N) is 1. The van der Waals surface area contributed by atoms with E-state index in [0.717, 1.165) is 18.8 Å². The van der Waals surface area contributed by atoms with Gasteiger partial charge in [-0.1, -0.05) is 13.8 Å². The van der Waals surface area contributed by atoms with E-state index in [1.54, 1.807) is 0 Å². The summed E-state index contributed by atoms with van der Waals surface area (Å²) in [6.45, 7) is 5.80. The first-order valence-electron chi connectivity index (χ1n) is 7.53. The van der Waals surface area contributed by atoms with Crippen LogP contribution in [0.3, 0.4) is 0 Å². The molecule has 3 nitrogen and oxygen atoms in total. The summed E-state index contributed by atoms with van der Waals surface area (Å²) in [5, 5.41) is 8.91. The third kappa shape index (κ3) is 3.47. The number of hydrogen-bond acceptors (Lipinski definition) is 2. The zero-order chi connectivity index (χ0) is 13.1. The second kappa shape index (κ2) is 6.05. The van der Waals surface area contributed by atoms with Crippen LogP contribution in [-0.4, -0.2) is 34.6 Å². The molecule has 104 valence electrons. The fraction of sp³-hybridized carbons (Fsp3) is 0.933. The number of piperidine rings is 1. The molecule has 0 amide bonds. The van der Waals surface area contributed by atoms with Gasteiger partial charge in [0, 0.05) is 18.5 Å². The Morgan fingerprint density at radius 2 is 1.89 bits per heavy atom. The molecule has 2 heterocycles. The Morgan fingerprint density at radius 1 is 1.28 bits per heavy atom. The lowest BCUT2D eigenvalue weighted by molar-refractivity contribution is -0.138. The van der Waals surface area contributed by atoms with Gasteiger partial charge in [0.25, 0.3) is 0 Å². The number of carbonyl (C=O) groups is 1.